The summed E-state index contributed by atoms with van der Waals surface area (Å²) < 4.78 is 4.92. The molecule has 2 aromatic rings. The highest BCUT2D eigenvalue weighted by molar-refractivity contribution is 6.35. The second-order valence-electron chi connectivity index (χ2n) is 6.84. The number of hydrogen-bond donors (Lipinski definition) is 1. The minimum atomic E-state index is -0.322. The first-order valence-corrected chi connectivity index (χ1v) is 9.36. The van der Waals surface area contributed by atoms with E-state index in [9.17, 15) is 4.79 Å². The Bertz CT molecular complexity index is 922. The number of rotatable bonds is 2. The van der Waals surface area contributed by atoms with E-state index in [1.807, 2.05) is 31.2 Å². The normalized spacial score (nSPS) is 23.2. The molecule has 0 fully saturated rings. The zero-order valence-corrected chi connectivity index (χ0v) is 16.1. The van der Waals surface area contributed by atoms with Crippen LogP contribution in [0.1, 0.15) is 45.4 Å². The van der Waals surface area contributed by atoms with Gasteiger partial charge in [0.25, 0.3) is 0 Å². The van der Waals surface area contributed by atoms with E-state index in [0.29, 0.717) is 27.4 Å². The van der Waals surface area contributed by atoms with Crippen LogP contribution < -0.4 is 5.32 Å². The molecule has 0 unspecified atom stereocenters. The summed E-state index contributed by atoms with van der Waals surface area (Å²) in [6.45, 7) is 1.96. The molecular formula is C21H19Cl2NO2. The number of carbonyl (C=O) groups excluding carboxylic acids is 1. The molecule has 0 spiro atoms. The molecule has 0 amide bonds. The molecule has 0 radical (unpaired) electrons. The van der Waals surface area contributed by atoms with Crippen molar-refractivity contribution in [3.63, 3.8) is 0 Å². The summed E-state index contributed by atoms with van der Waals surface area (Å²) >= 11 is 12.6. The van der Waals surface area contributed by atoms with Crippen molar-refractivity contribution < 1.29 is 9.53 Å². The smallest absolute Gasteiger partial charge is 0.338 e. The Morgan fingerprint density at radius 1 is 1.19 bits per heavy atom. The van der Waals surface area contributed by atoms with Crippen LogP contribution in [-0.2, 0) is 4.74 Å². The van der Waals surface area contributed by atoms with Crippen molar-refractivity contribution in [1.82, 2.24) is 0 Å². The van der Waals surface area contributed by atoms with Crippen molar-refractivity contribution in [2.45, 2.75) is 25.3 Å². The van der Waals surface area contributed by atoms with Crippen LogP contribution in [0.4, 0.5) is 5.69 Å². The second-order valence-corrected chi connectivity index (χ2v) is 7.68. The molecule has 1 heterocycles. The molecule has 0 saturated heterocycles. The number of esters is 1. The van der Waals surface area contributed by atoms with Crippen molar-refractivity contribution >= 4 is 34.9 Å². The van der Waals surface area contributed by atoms with Gasteiger partial charge >= 0.3 is 5.97 Å². The first kappa shape index (κ1) is 17.4. The van der Waals surface area contributed by atoms with Crippen molar-refractivity contribution in [1.29, 1.82) is 0 Å². The third kappa shape index (κ3) is 2.70. The van der Waals surface area contributed by atoms with Gasteiger partial charge < -0.3 is 10.1 Å². The summed E-state index contributed by atoms with van der Waals surface area (Å²) in [5.41, 5.74) is 4.73. The lowest BCUT2D eigenvalue weighted by Gasteiger charge is -2.39. The van der Waals surface area contributed by atoms with E-state index in [1.54, 1.807) is 6.07 Å². The number of carbonyl (C=O) groups is 1. The van der Waals surface area contributed by atoms with Gasteiger partial charge in [0.15, 0.2) is 0 Å². The molecular weight excluding hydrogens is 369 g/mol. The minimum absolute atomic E-state index is 0.0545. The molecule has 26 heavy (non-hydrogen) atoms. The molecule has 0 aromatic heterocycles. The number of benzene rings is 2. The van der Waals surface area contributed by atoms with E-state index in [2.05, 4.69) is 17.5 Å². The van der Waals surface area contributed by atoms with Crippen LogP contribution >= 0.6 is 23.2 Å². The van der Waals surface area contributed by atoms with Crippen molar-refractivity contribution in [2.75, 3.05) is 12.4 Å². The van der Waals surface area contributed by atoms with Crippen molar-refractivity contribution in [3.05, 3.63) is 74.8 Å². The average Bonchev–Trinajstić information content (AvgIpc) is 3.11. The van der Waals surface area contributed by atoms with Gasteiger partial charge in [-0.1, -0.05) is 47.5 Å². The van der Waals surface area contributed by atoms with Crippen LogP contribution in [0.25, 0.3) is 0 Å². The van der Waals surface area contributed by atoms with Gasteiger partial charge in [0, 0.05) is 21.7 Å². The Morgan fingerprint density at radius 2 is 1.96 bits per heavy atom. The predicted molar refractivity (Wildman–Crippen MR) is 105 cm³/mol. The van der Waals surface area contributed by atoms with E-state index >= 15 is 0 Å². The molecule has 134 valence electrons. The monoisotopic (exact) mass is 387 g/mol. The molecule has 0 bridgehead atoms. The Balaban J connectivity index is 1.84. The summed E-state index contributed by atoms with van der Waals surface area (Å²) in [6.07, 6.45) is 5.48. The molecule has 1 aliphatic carbocycles. The number of fused-ring (bicyclic) bond motifs is 3. The summed E-state index contributed by atoms with van der Waals surface area (Å²) in [5.74, 6) is 0.357. The SMILES string of the molecule is COC(=O)c1ccc2c(c1C)N[C@H](c1ccc(Cl)cc1Cl)[C@H]1CC=C[C@H]21. The summed E-state index contributed by atoms with van der Waals surface area (Å²) in [5, 5.41) is 4.94. The summed E-state index contributed by atoms with van der Waals surface area (Å²) in [4.78, 5) is 12.1. The van der Waals surface area contributed by atoms with Crippen LogP contribution in [-0.4, -0.2) is 13.1 Å². The number of ether oxygens (including phenoxy) is 1. The van der Waals surface area contributed by atoms with Gasteiger partial charge in [0.2, 0.25) is 0 Å². The van der Waals surface area contributed by atoms with Crippen LogP contribution in [0.15, 0.2) is 42.5 Å². The van der Waals surface area contributed by atoms with Crippen molar-refractivity contribution in [2.24, 2.45) is 5.92 Å². The lowest BCUT2D eigenvalue weighted by Crippen LogP contribution is -2.30. The zero-order chi connectivity index (χ0) is 18.4. The summed E-state index contributed by atoms with van der Waals surface area (Å²) in [7, 11) is 1.40. The molecule has 5 heteroatoms. The van der Waals surface area contributed by atoms with E-state index < -0.39 is 0 Å². The van der Waals surface area contributed by atoms with Crippen LogP contribution in [0.5, 0.6) is 0 Å². The van der Waals surface area contributed by atoms with Gasteiger partial charge in [-0.05, 0) is 54.2 Å². The fourth-order valence-corrected chi connectivity index (χ4v) is 4.73. The molecule has 4 rings (SSSR count). The van der Waals surface area contributed by atoms with E-state index in [0.717, 1.165) is 23.2 Å². The number of hydrogen-bond acceptors (Lipinski definition) is 3. The minimum Gasteiger partial charge on any atom is -0.465 e. The Morgan fingerprint density at radius 3 is 2.69 bits per heavy atom. The molecule has 1 aliphatic heterocycles. The number of anilines is 1. The molecule has 1 N–H and O–H groups in total. The standard InChI is InChI=1S/C21H19Cl2NO2/c1-11-13(21(25)26-2)8-9-16-14-4-3-5-15(14)20(24-19(11)16)17-7-6-12(22)10-18(17)23/h3-4,6-10,14-15,20,24H,5H2,1-2H3/t14-,15-,20-/m0/s1. The third-order valence-electron chi connectivity index (χ3n) is 5.50. The zero-order valence-electron chi connectivity index (χ0n) is 14.6. The number of allylic oxidation sites excluding steroid dienone is 2. The van der Waals surface area contributed by atoms with E-state index in [-0.39, 0.29) is 12.0 Å². The number of halogens is 2. The van der Waals surface area contributed by atoms with Crippen LogP contribution in [0.2, 0.25) is 10.0 Å². The quantitative estimate of drug-likeness (QED) is 0.513. The number of methoxy groups -OCH3 is 1. The molecule has 2 aromatic carbocycles. The fraction of sp³-hybridized carbons (Fsp3) is 0.286. The third-order valence-corrected chi connectivity index (χ3v) is 6.06. The highest BCUT2D eigenvalue weighted by atomic mass is 35.5. The maximum absolute atomic E-state index is 12.1. The van der Waals surface area contributed by atoms with Crippen LogP contribution in [0, 0.1) is 12.8 Å². The molecule has 3 atom stereocenters. The lowest BCUT2D eigenvalue weighted by molar-refractivity contribution is 0.0600. The summed E-state index contributed by atoms with van der Waals surface area (Å²) in [6, 6.07) is 9.59. The topological polar surface area (TPSA) is 38.3 Å². The van der Waals surface area contributed by atoms with Crippen molar-refractivity contribution in [3.8, 4) is 0 Å². The first-order chi connectivity index (χ1) is 12.5. The Kier molecular flexibility index (Phi) is 4.45. The van der Waals surface area contributed by atoms with E-state index in [1.165, 1.54) is 12.7 Å². The predicted octanol–water partition coefficient (Wildman–Crippen LogP) is 5.91. The molecule has 3 nitrogen and oxygen atoms in total. The lowest BCUT2D eigenvalue weighted by atomic mass is 9.76. The largest absolute Gasteiger partial charge is 0.465 e. The fourth-order valence-electron chi connectivity index (χ4n) is 4.21. The highest BCUT2D eigenvalue weighted by Gasteiger charge is 2.39. The highest BCUT2D eigenvalue weighted by Crippen LogP contribution is 2.52. The van der Waals surface area contributed by atoms with Gasteiger partial charge in [-0.3, -0.25) is 0 Å². The maximum Gasteiger partial charge on any atom is 0.338 e. The molecule has 0 saturated carbocycles. The van der Waals surface area contributed by atoms with Gasteiger partial charge in [0.1, 0.15) is 0 Å². The van der Waals surface area contributed by atoms with Gasteiger partial charge in [-0.25, -0.2) is 4.79 Å². The maximum atomic E-state index is 12.1. The average molecular weight is 388 g/mol. The Hall–Kier alpha value is -1.97. The van der Waals surface area contributed by atoms with Gasteiger partial charge in [-0.2, -0.15) is 0 Å². The first-order valence-electron chi connectivity index (χ1n) is 8.61. The second kappa shape index (κ2) is 6.64. The Labute approximate surface area is 163 Å². The number of nitrogens with one attached hydrogen (secondary N) is 1. The van der Waals surface area contributed by atoms with Gasteiger partial charge in [0.05, 0.1) is 18.7 Å². The van der Waals surface area contributed by atoms with Gasteiger partial charge in [-0.15, -0.1) is 0 Å². The molecule has 2 aliphatic rings. The van der Waals surface area contributed by atoms with E-state index in [4.69, 9.17) is 27.9 Å². The van der Waals surface area contributed by atoms with Crippen LogP contribution in [0.3, 0.4) is 0 Å².